The Kier molecular flexibility index (Phi) is 5.90. The fraction of sp³-hybridized carbons (Fsp3) is 0.875. The van der Waals surface area contributed by atoms with Gasteiger partial charge in [0.1, 0.15) is 16.4 Å². The summed E-state index contributed by atoms with van der Waals surface area (Å²) in [6.07, 6.45) is 2.77. The summed E-state index contributed by atoms with van der Waals surface area (Å²) in [6, 6.07) is 0. The summed E-state index contributed by atoms with van der Waals surface area (Å²) in [5.74, 6) is 0.184. The van der Waals surface area contributed by atoms with E-state index in [1.165, 1.54) is 13.4 Å². The molecule has 0 unspecified atom stereocenters. The lowest BCUT2D eigenvalue weighted by Gasteiger charge is -1.99. The molecule has 13 heavy (non-hydrogen) atoms. The molecule has 78 valence electrons. The number of ketones is 1. The van der Waals surface area contributed by atoms with Crippen LogP contribution in [0, 0.1) is 0 Å². The molecule has 0 N–H and O–H groups in total. The summed E-state index contributed by atoms with van der Waals surface area (Å²) >= 11 is 0. The topological polar surface area (TPSA) is 60.4 Å². The lowest BCUT2D eigenvalue weighted by Crippen LogP contribution is -2.08. The van der Waals surface area contributed by atoms with Crippen LogP contribution >= 0.6 is 0 Å². The monoisotopic (exact) mass is 208 g/mol. The normalized spacial score (nSPS) is 11.5. The Morgan fingerprint density at radius 2 is 1.92 bits per heavy atom. The van der Waals surface area contributed by atoms with Gasteiger partial charge in [0.25, 0.3) is 0 Å². The van der Waals surface area contributed by atoms with Crippen LogP contribution in [0.1, 0.15) is 19.3 Å². The number of methoxy groups -OCH3 is 1. The van der Waals surface area contributed by atoms with Gasteiger partial charge in [-0.3, -0.25) is 4.79 Å². The van der Waals surface area contributed by atoms with Gasteiger partial charge in [0.2, 0.25) is 0 Å². The summed E-state index contributed by atoms with van der Waals surface area (Å²) in [5.41, 5.74) is 0. The average Bonchev–Trinajstić information content (AvgIpc) is 1.97. The predicted octanol–water partition coefficient (Wildman–Crippen LogP) is 0.417. The van der Waals surface area contributed by atoms with Crippen molar-refractivity contribution in [2.24, 2.45) is 0 Å². The minimum absolute atomic E-state index is 0.0241. The summed E-state index contributed by atoms with van der Waals surface area (Å²) < 4.78 is 26.0. The van der Waals surface area contributed by atoms with E-state index in [0.717, 1.165) is 0 Å². The minimum atomic E-state index is -2.88. The van der Waals surface area contributed by atoms with E-state index in [1.807, 2.05) is 0 Å². The second kappa shape index (κ2) is 6.10. The molecule has 0 heterocycles. The van der Waals surface area contributed by atoms with E-state index >= 15 is 0 Å². The second-order valence-electron chi connectivity index (χ2n) is 3.06. The van der Waals surface area contributed by atoms with Crippen molar-refractivity contribution in [2.75, 3.05) is 25.7 Å². The van der Waals surface area contributed by atoms with Crippen molar-refractivity contribution >= 4 is 15.6 Å². The van der Waals surface area contributed by atoms with Gasteiger partial charge in [0, 0.05) is 25.5 Å². The zero-order valence-corrected chi connectivity index (χ0v) is 8.89. The minimum Gasteiger partial charge on any atom is -0.377 e. The fourth-order valence-electron chi connectivity index (χ4n) is 0.920. The first-order chi connectivity index (χ1) is 5.95. The van der Waals surface area contributed by atoms with E-state index in [9.17, 15) is 13.2 Å². The Morgan fingerprint density at radius 3 is 2.38 bits per heavy atom. The number of ether oxygens (including phenoxy) is 1. The summed E-state index contributed by atoms with van der Waals surface area (Å²) in [6.45, 7) is 0.124. The zero-order chi connectivity index (χ0) is 10.3. The molecule has 5 heteroatoms. The highest BCUT2D eigenvalue weighted by molar-refractivity contribution is 7.90. The standard InChI is InChI=1S/C8H16O4S/c1-12-7-8(9)5-3-4-6-13(2,10)11/h3-7H2,1-2H3. The Morgan fingerprint density at radius 1 is 1.31 bits per heavy atom. The van der Waals surface area contributed by atoms with Gasteiger partial charge >= 0.3 is 0 Å². The quantitative estimate of drug-likeness (QED) is 0.569. The van der Waals surface area contributed by atoms with Crippen molar-refractivity contribution in [3.05, 3.63) is 0 Å². The zero-order valence-electron chi connectivity index (χ0n) is 8.08. The van der Waals surface area contributed by atoms with E-state index in [-0.39, 0.29) is 18.1 Å². The van der Waals surface area contributed by atoms with Crippen molar-refractivity contribution in [3.8, 4) is 0 Å². The van der Waals surface area contributed by atoms with Crippen LogP contribution in [-0.2, 0) is 19.4 Å². The first kappa shape index (κ1) is 12.6. The SMILES string of the molecule is COCC(=O)CCCCS(C)(=O)=O. The molecule has 0 aromatic carbocycles. The van der Waals surface area contributed by atoms with Gasteiger partial charge in [-0.2, -0.15) is 0 Å². The number of carbonyl (C=O) groups excluding carboxylic acids is 1. The maximum atomic E-state index is 10.9. The second-order valence-corrected chi connectivity index (χ2v) is 5.32. The van der Waals surface area contributed by atoms with E-state index < -0.39 is 9.84 Å². The molecular formula is C8H16O4S. The Balaban J connectivity index is 3.41. The molecule has 0 aromatic rings. The fourth-order valence-corrected chi connectivity index (χ4v) is 1.65. The molecule has 0 atom stereocenters. The average molecular weight is 208 g/mol. The van der Waals surface area contributed by atoms with E-state index in [4.69, 9.17) is 0 Å². The smallest absolute Gasteiger partial charge is 0.158 e. The maximum absolute atomic E-state index is 10.9. The molecular weight excluding hydrogens is 192 g/mol. The number of sulfone groups is 1. The van der Waals surface area contributed by atoms with Crippen LogP contribution in [-0.4, -0.2) is 39.9 Å². The maximum Gasteiger partial charge on any atom is 0.158 e. The number of hydrogen-bond donors (Lipinski definition) is 0. The molecule has 0 aliphatic carbocycles. The number of hydrogen-bond acceptors (Lipinski definition) is 4. The Hall–Kier alpha value is -0.420. The summed E-state index contributed by atoms with van der Waals surface area (Å²) in [5, 5.41) is 0. The molecule has 0 rings (SSSR count). The third-order valence-electron chi connectivity index (χ3n) is 1.53. The van der Waals surface area contributed by atoms with Gasteiger partial charge in [-0.25, -0.2) is 8.42 Å². The van der Waals surface area contributed by atoms with Crippen LogP contribution < -0.4 is 0 Å². The lowest BCUT2D eigenvalue weighted by molar-refractivity contribution is -0.122. The lowest BCUT2D eigenvalue weighted by atomic mass is 10.2. The van der Waals surface area contributed by atoms with Gasteiger partial charge < -0.3 is 4.74 Å². The van der Waals surface area contributed by atoms with Gasteiger partial charge in [-0.1, -0.05) is 0 Å². The van der Waals surface area contributed by atoms with Gasteiger partial charge in [-0.15, -0.1) is 0 Å². The number of unbranched alkanes of at least 4 members (excludes halogenated alkanes) is 1. The largest absolute Gasteiger partial charge is 0.377 e. The molecule has 0 bridgehead atoms. The Labute approximate surface area is 79.2 Å². The predicted molar refractivity (Wildman–Crippen MR) is 50.4 cm³/mol. The van der Waals surface area contributed by atoms with Gasteiger partial charge in [-0.05, 0) is 12.8 Å². The third kappa shape index (κ3) is 9.49. The van der Waals surface area contributed by atoms with Crippen molar-refractivity contribution in [1.29, 1.82) is 0 Å². The molecule has 0 spiro atoms. The van der Waals surface area contributed by atoms with Crippen LogP contribution in [0.15, 0.2) is 0 Å². The van der Waals surface area contributed by atoms with Crippen LogP contribution in [0.4, 0.5) is 0 Å². The van der Waals surface area contributed by atoms with Gasteiger partial charge in [0.05, 0.1) is 0 Å². The van der Waals surface area contributed by atoms with E-state index in [0.29, 0.717) is 19.3 Å². The van der Waals surface area contributed by atoms with Crippen LogP contribution in [0.25, 0.3) is 0 Å². The van der Waals surface area contributed by atoms with Crippen LogP contribution in [0.5, 0.6) is 0 Å². The molecule has 0 aromatic heterocycles. The molecule has 0 aliphatic rings. The molecule has 0 amide bonds. The summed E-state index contributed by atoms with van der Waals surface area (Å²) in [7, 11) is -1.41. The Bertz CT molecular complexity index is 243. The van der Waals surface area contributed by atoms with E-state index in [1.54, 1.807) is 0 Å². The molecule has 0 saturated carbocycles. The van der Waals surface area contributed by atoms with Crippen molar-refractivity contribution in [1.82, 2.24) is 0 Å². The first-order valence-corrected chi connectivity index (χ1v) is 6.20. The molecule has 0 saturated heterocycles. The third-order valence-corrected chi connectivity index (χ3v) is 2.56. The van der Waals surface area contributed by atoms with E-state index in [2.05, 4.69) is 4.74 Å². The summed E-state index contributed by atoms with van der Waals surface area (Å²) in [4.78, 5) is 10.9. The first-order valence-electron chi connectivity index (χ1n) is 4.14. The highest BCUT2D eigenvalue weighted by Gasteiger charge is 2.04. The molecule has 0 fully saturated rings. The van der Waals surface area contributed by atoms with Crippen LogP contribution in [0.2, 0.25) is 0 Å². The highest BCUT2D eigenvalue weighted by atomic mass is 32.2. The highest BCUT2D eigenvalue weighted by Crippen LogP contribution is 1.99. The molecule has 0 aliphatic heterocycles. The number of Topliss-reactive ketones (excluding diaryl/α,β-unsaturated/α-hetero) is 1. The van der Waals surface area contributed by atoms with Gasteiger partial charge in [0.15, 0.2) is 5.78 Å². The molecule has 4 nitrogen and oxygen atoms in total. The number of rotatable bonds is 7. The van der Waals surface area contributed by atoms with Crippen LogP contribution in [0.3, 0.4) is 0 Å². The number of carbonyl (C=O) groups is 1. The molecule has 0 radical (unpaired) electrons. The van der Waals surface area contributed by atoms with Crippen molar-refractivity contribution in [2.45, 2.75) is 19.3 Å². The van der Waals surface area contributed by atoms with Crippen molar-refractivity contribution < 1.29 is 17.9 Å². The van der Waals surface area contributed by atoms with Crippen molar-refractivity contribution in [3.63, 3.8) is 0 Å².